The van der Waals surface area contributed by atoms with Crippen molar-refractivity contribution in [1.82, 2.24) is 4.90 Å². The second-order valence-corrected chi connectivity index (χ2v) is 22.8. The van der Waals surface area contributed by atoms with Gasteiger partial charge in [-0.05, 0) is 72.5 Å². The van der Waals surface area contributed by atoms with Crippen LogP contribution in [0.3, 0.4) is 0 Å². The molecule has 0 saturated carbocycles. The Balaban J connectivity index is 1.33. The number of unbranched alkanes of at least 4 members (excludes halogenated alkanes) is 2. The molecular formula is C46H66N4O7Si. The van der Waals surface area contributed by atoms with Crippen LogP contribution in [0.5, 0.6) is 0 Å². The molecule has 11 nitrogen and oxygen atoms in total. The first kappa shape index (κ1) is 45.3. The quantitative estimate of drug-likeness (QED) is 0.0372. The molecule has 2 aliphatic rings. The van der Waals surface area contributed by atoms with Crippen LogP contribution in [0.4, 0.5) is 4.79 Å². The number of amides is 1. The highest BCUT2D eigenvalue weighted by Gasteiger charge is 2.51. The standard InChI is InChI=1S/C46H66N4O7Si/c1-31(2)58(32(3)4,33(5)6)54-30-41(51)44-43(56-46(8,9)57-44)40(48-49-47)28-50(27-19-11-12-20-34(7)53-29-35-21-13-10-14-22-35)45(52)55-42-38-25-17-15-23-36(38)37-24-16-18-26-39(37)42/h10,13-18,21-26,31-34,40-44,51H,11-12,19-20,27-30H2,1-9H3/t34?,40-,41+,43+,44-/m0/s1. The van der Waals surface area contributed by atoms with Gasteiger partial charge in [0.2, 0.25) is 0 Å². The molecule has 58 heavy (non-hydrogen) atoms. The van der Waals surface area contributed by atoms with Crippen LogP contribution in [0.2, 0.25) is 16.6 Å². The van der Waals surface area contributed by atoms with Crippen LogP contribution in [0.25, 0.3) is 21.6 Å². The average molecular weight is 815 g/mol. The first-order valence-electron chi connectivity index (χ1n) is 21.2. The number of hydrogen-bond donors (Lipinski definition) is 1. The van der Waals surface area contributed by atoms with Gasteiger partial charge in [0.15, 0.2) is 20.2 Å². The minimum Gasteiger partial charge on any atom is -0.436 e. The summed E-state index contributed by atoms with van der Waals surface area (Å²) >= 11 is 0. The third-order valence-corrected chi connectivity index (χ3v) is 18.0. The molecule has 0 spiro atoms. The van der Waals surface area contributed by atoms with E-state index in [1.165, 1.54) is 0 Å². The number of ether oxygens (including phenoxy) is 4. The van der Waals surface area contributed by atoms with Crippen LogP contribution in [0.1, 0.15) is 111 Å². The van der Waals surface area contributed by atoms with Gasteiger partial charge in [-0.2, -0.15) is 0 Å². The van der Waals surface area contributed by atoms with Gasteiger partial charge < -0.3 is 33.4 Å². The summed E-state index contributed by atoms with van der Waals surface area (Å²) in [7, 11) is -2.32. The molecule has 1 N–H and O–H groups in total. The summed E-state index contributed by atoms with van der Waals surface area (Å²) in [5.41, 5.74) is 15.9. The maximum Gasteiger partial charge on any atom is 0.410 e. The highest BCUT2D eigenvalue weighted by atomic mass is 28.4. The van der Waals surface area contributed by atoms with Gasteiger partial charge in [-0.3, -0.25) is 0 Å². The van der Waals surface area contributed by atoms with Gasteiger partial charge in [0.1, 0.15) is 18.3 Å². The highest BCUT2D eigenvalue weighted by molar-refractivity contribution is 6.77. The summed E-state index contributed by atoms with van der Waals surface area (Å²) in [5, 5.41) is 16.0. The van der Waals surface area contributed by atoms with E-state index in [0.717, 1.165) is 47.1 Å². The lowest BCUT2D eigenvalue weighted by atomic mass is 10.0. The summed E-state index contributed by atoms with van der Waals surface area (Å²) in [6.45, 7) is 19.9. The Bertz CT molecular complexity index is 1750. The third-order valence-electron chi connectivity index (χ3n) is 11.9. The van der Waals surface area contributed by atoms with Crippen molar-refractivity contribution in [3.63, 3.8) is 0 Å². The second-order valence-electron chi connectivity index (χ2n) is 17.4. The van der Waals surface area contributed by atoms with E-state index < -0.39 is 50.7 Å². The number of carbonyl (C=O) groups is 1. The number of hydrogen-bond acceptors (Lipinski definition) is 8. The molecule has 5 rings (SSSR count). The third kappa shape index (κ3) is 10.9. The van der Waals surface area contributed by atoms with Crippen LogP contribution < -0.4 is 0 Å². The molecule has 1 saturated heterocycles. The number of carbonyl (C=O) groups excluding carboxylic acids is 1. The molecule has 1 aliphatic heterocycles. The van der Waals surface area contributed by atoms with Gasteiger partial charge in [-0.1, -0.05) is 138 Å². The van der Waals surface area contributed by atoms with E-state index in [2.05, 4.69) is 70.6 Å². The normalized spacial score (nSPS) is 19.1. The zero-order valence-corrected chi connectivity index (χ0v) is 37.0. The maximum atomic E-state index is 14.4. The average Bonchev–Trinajstić information content (AvgIpc) is 3.69. The monoisotopic (exact) mass is 814 g/mol. The smallest absolute Gasteiger partial charge is 0.410 e. The lowest BCUT2D eigenvalue weighted by molar-refractivity contribution is -0.158. The number of benzene rings is 3. The van der Waals surface area contributed by atoms with E-state index in [-0.39, 0.29) is 19.3 Å². The first-order valence-corrected chi connectivity index (χ1v) is 23.3. The fraction of sp³-hybridized carbons (Fsp3) is 0.587. The van der Waals surface area contributed by atoms with Crippen molar-refractivity contribution in [3.8, 4) is 11.1 Å². The summed E-state index contributed by atoms with van der Waals surface area (Å²) in [6.07, 6.45) is -0.470. The fourth-order valence-electron chi connectivity index (χ4n) is 9.21. The molecule has 3 aromatic carbocycles. The van der Waals surface area contributed by atoms with Crippen molar-refractivity contribution in [2.24, 2.45) is 5.11 Å². The Labute approximate surface area is 347 Å². The molecule has 1 unspecified atom stereocenters. The second kappa shape index (κ2) is 20.5. The number of aliphatic hydroxyl groups is 1. The van der Waals surface area contributed by atoms with Gasteiger partial charge in [0.25, 0.3) is 0 Å². The minimum absolute atomic E-state index is 0.00630. The molecule has 0 aromatic heterocycles. The topological polar surface area (TPSA) is 135 Å². The van der Waals surface area contributed by atoms with Crippen molar-refractivity contribution >= 4 is 14.4 Å². The largest absolute Gasteiger partial charge is 0.436 e. The van der Waals surface area contributed by atoms with Crippen molar-refractivity contribution < 1.29 is 33.3 Å². The van der Waals surface area contributed by atoms with Crippen molar-refractivity contribution in [1.29, 1.82) is 0 Å². The predicted molar refractivity (Wildman–Crippen MR) is 231 cm³/mol. The predicted octanol–water partition coefficient (Wildman–Crippen LogP) is 11.1. The van der Waals surface area contributed by atoms with Gasteiger partial charge in [-0.15, -0.1) is 0 Å². The number of azide groups is 1. The van der Waals surface area contributed by atoms with Crippen molar-refractivity contribution in [2.45, 2.75) is 154 Å². The molecule has 1 aliphatic carbocycles. The zero-order chi connectivity index (χ0) is 42.0. The highest BCUT2D eigenvalue weighted by Crippen LogP contribution is 2.46. The summed E-state index contributed by atoms with van der Waals surface area (Å²) in [6, 6.07) is 25.2. The van der Waals surface area contributed by atoms with E-state index in [1.807, 2.05) is 66.7 Å². The van der Waals surface area contributed by atoms with Crippen LogP contribution >= 0.6 is 0 Å². The zero-order valence-electron chi connectivity index (χ0n) is 36.0. The van der Waals surface area contributed by atoms with Crippen LogP contribution in [0.15, 0.2) is 84.0 Å². The van der Waals surface area contributed by atoms with E-state index in [0.29, 0.717) is 36.2 Å². The Kier molecular flexibility index (Phi) is 16.0. The Morgan fingerprint density at radius 1 is 0.845 bits per heavy atom. The lowest BCUT2D eigenvalue weighted by Gasteiger charge is -2.43. The summed E-state index contributed by atoms with van der Waals surface area (Å²) < 4.78 is 32.0. The van der Waals surface area contributed by atoms with Crippen LogP contribution in [0, 0.1) is 0 Å². The molecule has 316 valence electrons. The van der Waals surface area contributed by atoms with E-state index in [9.17, 15) is 15.4 Å². The molecule has 1 amide bonds. The number of rotatable bonds is 21. The Hall–Kier alpha value is -3.74. The first-order chi connectivity index (χ1) is 27.7. The van der Waals surface area contributed by atoms with Gasteiger partial charge in [0, 0.05) is 29.1 Å². The molecule has 0 radical (unpaired) electrons. The Morgan fingerprint density at radius 3 is 2.00 bits per heavy atom. The van der Waals surface area contributed by atoms with Gasteiger partial charge in [-0.25, -0.2) is 4.79 Å². The van der Waals surface area contributed by atoms with E-state index in [1.54, 1.807) is 18.7 Å². The maximum absolute atomic E-state index is 14.4. The fourth-order valence-corrected chi connectivity index (χ4v) is 14.7. The number of fused-ring (bicyclic) bond motifs is 3. The van der Waals surface area contributed by atoms with Crippen LogP contribution in [-0.2, 0) is 30.0 Å². The van der Waals surface area contributed by atoms with Gasteiger partial charge >= 0.3 is 6.09 Å². The molecule has 1 fully saturated rings. The molecule has 0 bridgehead atoms. The minimum atomic E-state index is -2.32. The molecule has 1 heterocycles. The lowest BCUT2D eigenvalue weighted by Crippen LogP contribution is -2.52. The summed E-state index contributed by atoms with van der Waals surface area (Å²) in [5.74, 6) is -1.08. The van der Waals surface area contributed by atoms with Crippen molar-refractivity contribution in [3.05, 3.63) is 106 Å². The van der Waals surface area contributed by atoms with Crippen molar-refractivity contribution in [2.75, 3.05) is 19.7 Å². The number of nitrogens with zero attached hydrogens (tertiary/aromatic N) is 4. The van der Waals surface area contributed by atoms with Crippen LogP contribution in [-0.4, -0.2) is 80.4 Å². The van der Waals surface area contributed by atoms with E-state index >= 15 is 0 Å². The molecule has 3 aromatic rings. The molecular weight excluding hydrogens is 749 g/mol. The molecule has 5 atom stereocenters. The number of aliphatic hydroxyl groups excluding tert-OH is 1. The Morgan fingerprint density at radius 2 is 1.41 bits per heavy atom. The summed E-state index contributed by atoms with van der Waals surface area (Å²) in [4.78, 5) is 19.3. The molecule has 12 heteroatoms. The van der Waals surface area contributed by atoms with E-state index in [4.69, 9.17) is 23.4 Å². The SMILES string of the molecule is CC(CCCCCN(C[C@H](N=[N+]=[N-])[C@H]1OC(C)(C)O[C@H]1[C@H](O)CO[Si](C(C)C)(C(C)C)C(C)C)C(=O)OC1c2ccccc2-c2ccccc21)OCc1ccccc1. The van der Waals surface area contributed by atoms with Gasteiger partial charge in [0.05, 0.1) is 25.4 Å².